The number of carbonyl (C=O) groups excluding carboxylic acids is 3. The third kappa shape index (κ3) is 4.04. The molecular formula is C27H42O6. The monoisotopic (exact) mass is 462 g/mol. The molecule has 0 aromatic rings. The molecular weight excluding hydrogens is 420 g/mol. The third-order valence-corrected chi connectivity index (χ3v) is 10.4. The van der Waals surface area contributed by atoms with E-state index in [1.54, 1.807) is 7.11 Å². The van der Waals surface area contributed by atoms with Crippen LogP contribution in [0.3, 0.4) is 0 Å². The van der Waals surface area contributed by atoms with Gasteiger partial charge < -0.3 is 14.2 Å². The Balaban J connectivity index is 1.72. The molecule has 0 amide bonds. The zero-order valence-electron chi connectivity index (χ0n) is 21.2. The average molecular weight is 463 g/mol. The Morgan fingerprint density at radius 1 is 1.09 bits per heavy atom. The minimum atomic E-state index is -0.341. The number of esters is 2. The van der Waals surface area contributed by atoms with Gasteiger partial charge in [-0.2, -0.15) is 0 Å². The lowest BCUT2D eigenvalue weighted by molar-refractivity contribution is -0.174. The minimum Gasteiger partial charge on any atom is -0.462 e. The number of hydrogen-bond donors (Lipinski definition) is 0. The molecule has 4 aliphatic carbocycles. The van der Waals surface area contributed by atoms with Crippen molar-refractivity contribution in [2.45, 2.75) is 91.8 Å². The predicted molar refractivity (Wildman–Crippen MR) is 123 cm³/mol. The largest absolute Gasteiger partial charge is 0.462 e. The van der Waals surface area contributed by atoms with Crippen molar-refractivity contribution >= 4 is 17.7 Å². The Morgan fingerprint density at radius 3 is 2.45 bits per heavy atom. The van der Waals surface area contributed by atoms with Gasteiger partial charge in [0.1, 0.15) is 18.0 Å². The van der Waals surface area contributed by atoms with Crippen LogP contribution in [0, 0.1) is 46.3 Å². The Kier molecular flexibility index (Phi) is 6.71. The summed E-state index contributed by atoms with van der Waals surface area (Å²) in [6.07, 6.45) is 5.89. The van der Waals surface area contributed by atoms with E-state index in [9.17, 15) is 14.4 Å². The molecule has 0 bridgehead atoms. The molecule has 0 aliphatic heterocycles. The summed E-state index contributed by atoms with van der Waals surface area (Å²) >= 11 is 0. The number of methoxy groups -OCH3 is 1. The molecule has 4 saturated carbocycles. The van der Waals surface area contributed by atoms with Crippen LogP contribution >= 0.6 is 0 Å². The van der Waals surface area contributed by atoms with E-state index in [4.69, 9.17) is 14.2 Å². The van der Waals surface area contributed by atoms with E-state index < -0.39 is 0 Å². The molecule has 4 aliphatic rings. The Hall–Kier alpha value is -1.43. The molecule has 6 heteroatoms. The fourth-order valence-electron chi connectivity index (χ4n) is 8.99. The normalized spacial score (nSPS) is 45.4. The average Bonchev–Trinajstić information content (AvgIpc) is 3.00. The number of hydrogen-bond acceptors (Lipinski definition) is 6. The lowest BCUT2D eigenvalue weighted by atomic mass is 9.42. The van der Waals surface area contributed by atoms with Gasteiger partial charge in [0.25, 0.3) is 0 Å². The molecule has 0 unspecified atom stereocenters. The van der Waals surface area contributed by atoms with Crippen LogP contribution in [-0.2, 0) is 28.6 Å². The van der Waals surface area contributed by atoms with Gasteiger partial charge in [0.2, 0.25) is 0 Å². The van der Waals surface area contributed by atoms with Crippen LogP contribution in [0.4, 0.5) is 0 Å². The molecule has 4 fully saturated rings. The molecule has 10 atom stereocenters. The summed E-state index contributed by atoms with van der Waals surface area (Å²) in [5.41, 5.74) is 0.0149. The van der Waals surface area contributed by atoms with Crippen molar-refractivity contribution < 1.29 is 28.6 Å². The van der Waals surface area contributed by atoms with E-state index in [-0.39, 0.29) is 40.9 Å². The van der Waals surface area contributed by atoms with E-state index >= 15 is 0 Å². The van der Waals surface area contributed by atoms with Crippen LogP contribution in [0.2, 0.25) is 0 Å². The fourth-order valence-corrected chi connectivity index (χ4v) is 8.99. The Labute approximate surface area is 198 Å². The highest BCUT2D eigenvalue weighted by molar-refractivity contribution is 5.80. The summed E-state index contributed by atoms with van der Waals surface area (Å²) in [6, 6.07) is 0. The number of fused-ring (bicyclic) bond motifs is 5. The van der Waals surface area contributed by atoms with Crippen molar-refractivity contribution in [3.05, 3.63) is 0 Å². The fraction of sp³-hybridized carbons (Fsp3) is 0.889. The molecule has 4 rings (SSSR count). The molecule has 0 spiro atoms. The van der Waals surface area contributed by atoms with Gasteiger partial charge in [-0.3, -0.25) is 14.4 Å². The Morgan fingerprint density at radius 2 is 1.82 bits per heavy atom. The van der Waals surface area contributed by atoms with Gasteiger partial charge in [0.15, 0.2) is 0 Å². The lowest BCUT2D eigenvalue weighted by Crippen LogP contribution is -2.58. The van der Waals surface area contributed by atoms with Crippen molar-refractivity contribution in [1.82, 2.24) is 0 Å². The van der Waals surface area contributed by atoms with Crippen molar-refractivity contribution in [2.75, 3.05) is 13.7 Å². The van der Waals surface area contributed by atoms with Crippen molar-refractivity contribution in [3.63, 3.8) is 0 Å². The molecule has 0 heterocycles. The zero-order valence-corrected chi connectivity index (χ0v) is 21.2. The zero-order chi connectivity index (χ0) is 24.1. The van der Waals surface area contributed by atoms with Crippen LogP contribution in [0.15, 0.2) is 0 Å². The van der Waals surface area contributed by atoms with Crippen molar-refractivity contribution in [2.24, 2.45) is 46.3 Å². The van der Waals surface area contributed by atoms with Crippen LogP contribution < -0.4 is 0 Å². The molecule has 0 saturated heterocycles. The lowest BCUT2D eigenvalue weighted by Gasteiger charge is -2.62. The molecule has 0 aromatic heterocycles. The topological polar surface area (TPSA) is 78.9 Å². The number of Topliss-reactive ketones (excluding diaryl/α,β-unsaturated/α-hetero) is 1. The third-order valence-electron chi connectivity index (χ3n) is 10.4. The molecule has 0 radical (unpaired) electrons. The van der Waals surface area contributed by atoms with E-state index in [2.05, 4.69) is 20.8 Å². The maximum Gasteiger partial charge on any atom is 0.302 e. The second-order valence-corrected chi connectivity index (χ2v) is 11.9. The van der Waals surface area contributed by atoms with Gasteiger partial charge in [-0.25, -0.2) is 0 Å². The molecule has 33 heavy (non-hydrogen) atoms. The van der Waals surface area contributed by atoms with Gasteiger partial charge in [-0.05, 0) is 67.1 Å². The highest BCUT2D eigenvalue weighted by Gasteiger charge is 2.66. The summed E-state index contributed by atoms with van der Waals surface area (Å²) in [7, 11) is 1.64. The minimum absolute atomic E-state index is 0.0941. The first-order valence-electron chi connectivity index (χ1n) is 12.9. The van der Waals surface area contributed by atoms with Gasteiger partial charge in [0.05, 0.1) is 6.61 Å². The summed E-state index contributed by atoms with van der Waals surface area (Å²) in [6.45, 7) is 10.3. The van der Waals surface area contributed by atoms with Gasteiger partial charge >= 0.3 is 11.9 Å². The second kappa shape index (κ2) is 8.98. The highest BCUT2D eigenvalue weighted by atomic mass is 16.6. The Bertz CT molecular complexity index is 793. The van der Waals surface area contributed by atoms with Crippen LogP contribution in [0.25, 0.3) is 0 Å². The van der Waals surface area contributed by atoms with Crippen LogP contribution in [0.5, 0.6) is 0 Å². The maximum absolute atomic E-state index is 12.4. The summed E-state index contributed by atoms with van der Waals surface area (Å²) in [5, 5.41) is 0. The SMILES string of the molecule is COC[C@H](OC(C)=O)[C@@H]1C[C@H](OC(C)=O)[C@@]2(C)CC[C@H]3[C@@H](CC[C@H]4CC(=O)C[C@H](C)[C@@]43C)[C@H]12. The van der Waals surface area contributed by atoms with Gasteiger partial charge in [-0.15, -0.1) is 0 Å². The first kappa shape index (κ1) is 24.7. The van der Waals surface area contributed by atoms with E-state index in [1.165, 1.54) is 13.8 Å². The first-order valence-corrected chi connectivity index (χ1v) is 12.9. The maximum atomic E-state index is 12.4. The number of rotatable bonds is 5. The van der Waals surface area contributed by atoms with Crippen LogP contribution in [-0.4, -0.2) is 43.6 Å². The predicted octanol–water partition coefficient (Wildman–Crippen LogP) is 4.58. The van der Waals surface area contributed by atoms with E-state index in [0.717, 1.165) is 32.1 Å². The van der Waals surface area contributed by atoms with Crippen LogP contribution in [0.1, 0.15) is 79.6 Å². The second-order valence-electron chi connectivity index (χ2n) is 11.9. The number of carbonyl (C=O) groups is 3. The first-order chi connectivity index (χ1) is 15.5. The van der Waals surface area contributed by atoms with Gasteiger partial charge in [0, 0.05) is 45.1 Å². The molecule has 0 aromatic carbocycles. The van der Waals surface area contributed by atoms with Gasteiger partial charge in [-0.1, -0.05) is 20.8 Å². The standard InChI is InChI=1S/C27H42O6/c1-15-11-19(30)12-18-7-8-20-22(27(15,18)5)9-10-26(4)24(33-17(3)29)13-21(25(20)26)23(14-31-6)32-16(2)28/h15,18,20-25H,7-14H2,1-6H3/t15-,18-,20+,21-,22-,23-,24-,25+,26+,27-/m0/s1. The highest BCUT2D eigenvalue weighted by Crippen LogP contribution is 2.69. The molecule has 0 N–H and O–H groups in total. The summed E-state index contributed by atoms with van der Waals surface area (Å²) < 4.78 is 17.2. The van der Waals surface area contributed by atoms with Crippen molar-refractivity contribution in [3.8, 4) is 0 Å². The summed E-state index contributed by atoms with van der Waals surface area (Å²) in [5.74, 6) is 2.13. The van der Waals surface area contributed by atoms with Crippen molar-refractivity contribution in [1.29, 1.82) is 0 Å². The molecule has 186 valence electrons. The molecule has 6 nitrogen and oxygen atoms in total. The smallest absolute Gasteiger partial charge is 0.302 e. The quantitative estimate of drug-likeness (QED) is 0.557. The number of ether oxygens (including phenoxy) is 3. The van der Waals surface area contributed by atoms with E-state index in [1.807, 2.05) is 0 Å². The van der Waals surface area contributed by atoms with E-state index in [0.29, 0.717) is 54.8 Å². The number of ketones is 1. The summed E-state index contributed by atoms with van der Waals surface area (Å²) in [4.78, 5) is 36.4.